The van der Waals surface area contributed by atoms with Crippen molar-refractivity contribution in [3.8, 4) is 0 Å². The van der Waals surface area contributed by atoms with E-state index in [4.69, 9.17) is 0 Å². The predicted octanol–water partition coefficient (Wildman–Crippen LogP) is 5.23. The zero-order valence-corrected chi connectivity index (χ0v) is 21.4. The fourth-order valence-electron chi connectivity index (χ4n) is 5.67. The van der Waals surface area contributed by atoms with Crippen molar-refractivity contribution in [2.45, 2.75) is 90.1 Å². The summed E-state index contributed by atoms with van der Waals surface area (Å²) in [6, 6.07) is 6.85. The number of nitrogens with zero attached hydrogens (tertiary/aromatic N) is 1. The van der Waals surface area contributed by atoms with Gasteiger partial charge in [-0.25, -0.2) is 0 Å². The molecule has 8 nitrogen and oxygen atoms in total. The van der Waals surface area contributed by atoms with Crippen molar-refractivity contribution in [3.05, 3.63) is 35.4 Å². The van der Waals surface area contributed by atoms with Gasteiger partial charge in [-0.1, -0.05) is 65.0 Å². The Labute approximate surface area is 201 Å². The molecule has 190 valence electrons. The summed E-state index contributed by atoms with van der Waals surface area (Å²) in [6.45, 7) is 5.56. The first kappa shape index (κ1) is 28.2. The molecule has 0 fully saturated rings. The molecule has 1 heterocycles. The normalized spacial score (nSPS) is 16.0. The lowest BCUT2D eigenvalue weighted by atomic mass is 9.66. The molecular weight excluding hydrogens is 457 g/mol. The van der Waals surface area contributed by atoms with Crippen LogP contribution in [-0.4, -0.2) is 49.3 Å². The molecule has 1 unspecified atom stereocenters. The number of unbranched alkanes of at least 4 members (excludes halogenated alkanes) is 5. The van der Waals surface area contributed by atoms with Crippen molar-refractivity contribution in [3.63, 3.8) is 0 Å². The number of fused-ring (bicyclic) bond motifs is 1. The van der Waals surface area contributed by atoms with Crippen LogP contribution in [0.5, 0.6) is 0 Å². The fourth-order valence-corrected chi connectivity index (χ4v) is 7.38. The number of carbonyl (C=O) groups excluding carboxylic acids is 2. The highest BCUT2D eigenvalue weighted by Gasteiger charge is 2.63. The number of benzene rings is 1. The van der Waals surface area contributed by atoms with Crippen LogP contribution in [0.2, 0.25) is 0 Å². The Morgan fingerprint density at radius 2 is 1.32 bits per heavy atom. The number of carboxylic acid groups (broad SMARTS) is 1. The first-order valence-electron chi connectivity index (χ1n) is 12.3. The number of carboxylic acids is 1. The van der Waals surface area contributed by atoms with Crippen molar-refractivity contribution < 1.29 is 33.8 Å². The Kier molecular flexibility index (Phi) is 9.63. The number of imide groups is 1. The van der Waals surface area contributed by atoms with Crippen LogP contribution in [0.4, 0.5) is 0 Å². The van der Waals surface area contributed by atoms with Gasteiger partial charge in [-0.2, -0.15) is 0 Å². The van der Waals surface area contributed by atoms with E-state index < -0.39 is 24.1 Å². The number of hydrogen-bond acceptors (Lipinski definition) is 4. The van der Waals surface area contributed by atoms with Crippen molar-refractivity contribution in [2.75, 3.05) is 6.54 Å². The van der Waals surface area contributed by atoms with Crippen LogP contribution in [0, 0.1) is 5.41 Å². The Hall–Kier alpha value is -2.02. The molecule has 2 rings (SSSR count). The second-order valence-electron chi connectivity index (χ2n) is 9.23. The summed E-state index contributed by atoms with van der Waals surface area (Å²) in [6.07, 6.45) is 5.99. The molecule has 3 N–H and O–H groups in total. The highest BCUT2D eigenvalue weighted by atomic mass is 31.2. The van der Waals surface area contributed by atoms with Crippen LogP contribution >= 0.6 is 7.60 Å². The summed E-state index contributed by atoms with van der Waals surface area (Å²) >= 11 is 0. The summed E-state index contributed by atoms with van der Waals surface area (Å²) in [5.41, 5.74) is -0.0525. The molecule has 34 heavy (non-hydrogen) atoms. The lowest BCUT2D eigenvalue weighted by Gasteiger charge is -2.47. The zero-order valence-electron chi connectivity index (χ0n) is 20.5. The molecule has 0 saturated carbocycles. The Balaban J connectivity index is 1.82. The third-order valence-corrected chi connectivity index (χ3v) is 9.74. The average molecular weight is 496 g/mol. The van der Waals surface area contributed by atoms with Gasteiger partial charge in [0.1, 0.15) is 0 Å². The van der Waals surface area contributed by atoms with Gasteiger partial charge in [0.05, 0.1) is 11.1 Å². The van der Waals surface area contributed by atoms with Gasteiger partial charge in [-0.15, -0.1) is 0 Å². The van der Waals surface area contributed by atoms with Crippen LogP contribution in [0.1, 0.15) is 106 Å². The summed E-state index contributed by atoms with van der Waals surface area (Å²) in [4.78, 5) is 58.4. The lowest BCUT2D eigenvalue weighted by Crippen LogP contribution is -2.53. The van der Waals surface area contributed by atoms with Gasteiger partial charge in [0.25, 0.3) is 11.8 Å². The fraction of sp³-hybridized carbons (Fsp3) is 0.640. The van der Waals surface area contributed by atoms with E-state index in [1.807, 2.05) is 13.8 Å². The second kappa shape index (κ2) is 11.6. The van der Waals surface area contributed by atoms with E-state index in [0.29, 0.717) is 43.4 Å². The molecule has 0 bridgehead atoms. The molecule has 0 aromatic heterocycles. The Morgan fingerprint density at radius 1 is 0.853 bits per heavy atom. The van der Waals surface area contributed by atoms with Gasteiger partial charge in [0, 0.05) is 6.54 Å². The molecule has 0 spiro atoms. The maximum atomic E-state index is 12.4. The number of amides is 2. The minimum Gasteiger partial charge on any atom is -0.480 e. The number of hydrogen-bond donors (Lipinski definition) is 3. The van der Waals surface area contributed by atoms with E-state index in [0.717, 1.165) is 32.1 Å². The van der Waals surface area contributed by atoms with E-state index in [1.165, 1.54) is 4.90 Å². The number of aliphatic carboxylic acids is 1. The molecule has 1 aliphatic rings. The predicted molar refractivity (Wildman–Crippen MR) is 130 cm³/mol. The smallest absolute Gasteiger partial charge is 0.343 e. The van der Waals surface area contributed by atoms with Gasteiger partial charge in [0.2, 0.25) is 0 Å². The van der Waals surface area contributed by atoms with E-state index >= 15 is 0 Å². The first-order valence-corrected chi connectivity index (χ1v) is 13.9. The van der Waals surface area contributed by atoms with Gasteiger partial charge < -0.3 is 14.9 Å². The Morgan fingerprint density at radius 3 is 1.74 bits per heavy atom. The summed E-state index contributed by atoms with van der Waals surface area (Å²) in [5.74, 6) is -1.89. The van der Waals surface area contributed by atoms with Crippen LogP contribution in [-0.2, 0) is 9.36 Å². The third-order valence-electron chi connectivity index (χ3n) is 7.76. The molecule has 1 aromatic rings. The quantitative estimate of drug-likeness (QED) is 0.172. The van der Waals surface area contributed by atoms with Gasteiger partial charge in [-0.05, 0) is 49.7 Å². The van der Waals surface area contributed by atoms with Gasteiger partial charge in [-0.3, -0.25) is 23.8 Å². The second-order valence-corrected chi connectivity index (χ2v) is 11.1. The van der Waals surface area contributed by atoms with Gasteiger partial charge >= 0.3 is 13.6 Å². The van der Waals surface area contributed by atoms with Crippen molar-refractivity contribution in [2.24, 2.45) is 5.41 Å². The molecule has 1 atom stereocenters. The zero-order chi connectivity index (χ0) is 25.6. The first-order chi connectivity index (χ1) is 16.0. The van der Waals surface area contributed by atoms with E-state index in [2.05, 4.69) is 0 Å². The van der Waals surface area contributed by atoms with E-state index in [9.17, 15) is 33.8 Å². The van der Waals surface area contributed by atoms with Crippen LogP contribution in [0.3, 0.4) is 0 Å². The number of rotatable bonds is 15. The summed E-state index contributed by atoms with van der Waals surface area (Å²) in [5, 5.41) is 7.82. The monoisotopic (exact) mass is 495 g/mol. The molecule has 0 saturated heterocycles. The average Bonchev–Trinajstić information content (AvgIpc) is 3.04. The standard InChI is InChI=1S/C25H38NO7P/c1-4-24(5-2,25(6-3,23(29)30)34(31,32)33)17-13-9-7-8-10-14-18-26-21(27)19-15-11-12-16-20(19)22(26)28/h11-12,15-16H,4-10,13-14,17-18H2,1-3H3,(H,29,30)(H2,31,32,33). The SMILES string of the molecule is CCC(CC)(CCCCCCCCN1C(=O)c2ccccc2C1=O)C(CC)(C(=O)O)P(=O)(O)O. The molecule has 0 aliphatic carbocycles. The van der Waals surface area contributed by atoms with E-state index in [-0.39, 0.29) is 18.2 Å². The van der Waals surface area contributed by atoms with Crippen LogP contribution < -0.4 is 0 Å². The Bertz CT molecular complexity index is 902. The topological polar surface area (TPSA) is 132 Å². The minimum absolute atomic E-state index is 0.119. The molecule has 9 heteroatoms. The lowest BCUT2D eigenvalue weighted by molar-refractivity contribution is -0.146. The van der Waals surface area contributed by atoms with Crippen molar-refractivity contribution in [1.82, 2.24) is 4.90 Å². The van der Waals surface area contributed by atoms with Crippen LogP contribution in [0.15, 0.2) is 24.3 Å². The minimum atomic E-state index is -4.89. The largest absolute Gasteiger partial charge is 0.480 e. The van der Waals surface area contributed by atoms with E-state index in [1.54, 1.807) is 31.2 Å². The molecule has 2 amide bonds. The highest BCUT2D eigenvalue weighted by Crippen LogP contribution is 2.65. The van der Waals surface area contributed by atoms with Gasteiger partial charge in [0.15, 0.2) is 5.16 Å². The van der Waals surface area contributed by atoms with Crippen molar-refractivity contribution in [1.29, 1.82) is 0 Å². The van der Waals surface area contributed by atoms with Crippen LogP contribution in [0.25, 0.3) is 0 Å². The number of carbonyl (C=O) groups is 3. The molecule has 0 radical (unpaired) electrons. The molecule has 1 aromatic carbocycles. The third kappa shape index (κ3) is 5.14. The summed E-state index contributed by atoms with van der Waals surface area (Å²) in [7, 11) is -4.89. The highest BCUT2D eigenvalue weighted by molar-refractivity contribution is 7.54. The maximum absolute atomic E-state index is 12.4. The molecule has 1 aliphatic heterocycles. The maximum Gasteiger partial charge on any atom is 0.343 e. The molecular formula is C25H38NO7P. The summed E-state index contributed by atoms with van der Waals surface area (Å²) < 4.78 is 12.4. The van der Waals surface area contributed by atoms with Crippen molar-refractivity contribution >= 4 is 25.4 Å².